The van der Waals surface area contributed by atoms with E-state index < -0.39 is 0 Å². The van der Waals surface area contributed by atoms with Crippen molar-refractivity contribution in [3.63, 3.8) is 0 Å². The van der Waals surface area contributed by atoms with Crippen LogP contribution in [-0.4, -0.2) is 21.3 Å². The van der Waals surface area contributed by atoms with Gasteiger partial charge in [0.25, 0.3) is 0 Å². The minimum absolute atomic E-state index is 0.00826. The summed E-state index contributed by atoms with van der Waals surface area (Å²) in [4.78, 5) is 24.7. The van der Waals surface area contributed by atoms with Gasteiger partial charge in [0.15, 0.2) is 5.78 Å². The molecule has 1 aliphatic rings. The number of para-hydroxylation sites is 1. The van der Waals surface area contributed by atoms with Crippen molar-refractivity contribution in [1.29, 1.82) is 0 Å². The lowest BCUT2D eigenvalue weighted by Crippen LogP contribution is -2.21. The van der Waals surface area contributed by atoms with Crippen LogP contribution in [0.1, 0.15) is 49.0 Å². The van der Waals surface area contributed by atoms with Crippen LogP contribution in [0.3, 0.4) is 0 Å². The summed E-state index contributed by atoms with van der Waals surface area (Å²) in [6.45, 7) is 0. The van der Waals surface area contributed by atoms with Crippen molar-refractivity contribution in [2.75, 3.05) is 0 Å². The molecule has 2 aromatic rings. The van der Waals surface area contributed by atoms with Crippen LogP contribution in [0.5, 0.6) is 0 Å². The van der Waals surface area contributed by atoms with Crippen molar-refractivity contribution in [3.05, 3.63) is 30.0 Å². The normalized spacial score (nSPS) is 16.2. The van der Waals surface area contributed by atoms with Crippen LogP contribution in [0.4, 0.5) is 0 Å². The lowest BCUT2D eigenvalue weighted by molar-refractivity contribution is -0.122. The molecule has 0 spiro atoms. The Kier molecular flexibility index (Phi) is 3.86. The average Bonchev–Trinajstić information content (AvgIpc) is 2.86. The second-order valence-electron chi connectivity index (χ2n) is 5.89. The third kappa shape index (κ3) is 2.75. The highest BCUT2D eigenvalue weighted by molar-refractivity contribution is 6.13. The third-order valence-corrected chi connectivity index (χ3v) is 4.42. The molecule has 0 N–H and O–H groups in total. The van der Waals surface area contributed by atoms with Gasteiger partial charge in [-0.2, -0.15) is 5.10 Å². The third-order valence-electron chi connectivity index (χ3n) is 4.42. The van der Waals surface area contributed by atoms with Crippen LogP contribution in [0.25, 0.3) is 10.9 Å². The Hall–Kier alpha value is -1.97. The molecule has 4 nitrogen and oxygen atoms in total. The molecule has 0 bridgehead atoms. The van der Waals surface area contributed by atoms with Crippen LogP contribution in [0.2, 0.25) is 0 Å². The maximum Gasteiger partial charge on any atom is 0.191 e. The molecule has 1 heterocycles. The minimum atomic E-state index is -0.151. The zero-order valence-electron chi connectivity index (χ0n) is 12.3. The fraction of sp³-hybridized carbons (Fsp3) is 0.471. The highest BCUT2D eigenvalue weighted by atomic mass is 16.1. The van der Waals surface area contributed by atoms with Gasteiger partial charge in [-0.05, 0) is 18.9 Å². The molecule has 0 atom stereocenters. The van der Waals surface area contributed by atoms with Gasteiger partial charge in [-0.25, -0.2) is 0 Å². The molecule has 1 aromatic carbocycles. The van der Waals surface area contributed by atoms with Gasteiger partial charge >= 0.3 is 0 Å². The van der Waals surface area contributed by atoms with E-state index in [1.807, 2.05) is 31.3 Å². The van der Waals surface area contributed by atoms with Crippen molar-refractivity contribution in [2.24, 2.45) is 13.0 Å². The van der Waals surface area contributed by atoms with Crippen molar-refractivity contribution >= 4 is 22.5 Å². The quantitative estimate of drug-likeness (QED) is 0.639. The first-order valence-corrected chi connectivity index (χ1v) is 7.64. The smallest absolute Gasteiger partial charge is 0.191 e. The number of Topliss-reactive ketones (excluding diaryl/α,β-unsaturated/α-hetero) is 2. The van der Waals surface area contributed by atoms with Crippen LogP contribution >= 0.6 is 0 Å². The Bertz CT molecular complexity index is 681. The van der Waals surface area contributed by atoms with Gasteiger partial charge in [0.1, 0.15) is 11.5 Å². The standard InChI is InChI=1S/C17H20N2O2/c1-19-14-10-6-5-9-13(14)17(18-19)16(21)11-15(20)12-7-3-2-4-8-12/h5-6,9-10,12H,2-4,7-8,11H2,1H3. The molecule has 1 aliphatic carbocycles. The van der Waals surface area contributed by atoms with E-state index in [2.05, 4.69) is 5.10 Å². The Morgan fingerprint density at radius 1 is 1.19 bits per heavy atom. The fourth-order valence-electron chi connectivity index (χ4n) is 3.23. The first-order chi connectivity index (χ1) is 10.2. The lowest BCUT2D eigenvalue weighted by Gasteiger charge is -2.19. The molecule has 0 saturated heterocycles. The summed E-state index contributed by atoms with van der Waals surface area (Å²) in [5, 5.41) is 5.14. The van der Waals surface area contributed by atoms with Gasteiger partial charge in [0, 0.05) is 18.4 Å². The van der Waals surface area contributed by atoms with E-state index in [1.165, 1.54) is 6.42 Å². The summed E-state index contributed by atoms with van der Waals surface area (Å²) in [6.07, 6.45) is 5.30. The van der Waals surface area contributed by atoms with E-state index >= 15 is 0 Å². The number of carbonyl (C=O) groups excluding carboxylic acids is 2. The summed E-state index contributed by atoms with van der Waals surface area (Å²) in [6, 6.07) is 7.64. The van der Waals surface area contributed by atoms with Gasteiger partial charge in [-0.1, -0.05) is 37.5 Å². The zero-order chi connectivity index (χ0) is 14.8. The first kappa shape index (κ1) is 14.0. The van der Waals surface area contributed by atoms with Crippen molar-refractivity contribution in [3.8, 4) is 0 Å². The SMILES string of the molecule is Cn1nc(C(=O)CC(=O)C2CCCCC2)c2ccccc21. The molecule has 1 aromatic heterocycles. The number of aromatic nitrogens is 2. The monoisotopic (exact) mass is 284 g/mol. The van der Waals surface area contributed by atoms with Crippen LogP contribution < -0.4 is 0 Å². The number of fused-ring (bicyclic) bond motifs is 1. The van der Waals surface area contributed by atoms with Crippen LogP contribution in [-0.2, 0) is 11.8 Å². The molecular weight excluding hydrogens is 264 g/mol. The minimum Gasteiger partial charge on any atom is -0.299 e. The molecular formula is C17H20N2O2. The molecule has 4 heteroatoms. The lowest BCUT2D eigenvalue weighted by atomic mass is 9.84. The number of hydrogen-bond donors (Lipinski definition) is 0. The summed E-state index contributed by atoms with van der Waals surface area (Å²) in [5.41, 5.74) is 1.35. The second-order valence-corrected chi connectivity index (χ2v) is 5.89. The Labute approximate surface area is 124 Å². The highest BCUT2D eigenvalue weighted by Crippen LogP contribution is 2.26. The number of benzene rings is 1. The van der Waals surface area contributed by atoms with Crippen LogP contribution in [0, 0.1) is 5.92 Å². The average molecular weight is 284 g/mol. The highest BCUT2D eigenvalue weighted by Gasteiger charge is 2.25. The van der Waals surface area contributed by atoms with Crippen molar-refractivity contribution < 1.29 is 9.59 Å². The summed E-state index contributed by atoms with van der Waals surface area (Å²) >= 11 is 0. The molecule has 3 rings (SSSR count). The number of aryl methyl sites for hydroxylation is 1. The number of ketones is 2. The van der Waals surface area contributed by atoms with E-state index in [-0.39, 0.29) is 23.9 Å². The van der Waals surface area contributed by atoms with E-state index in [0.29, 0.717) is 5.69 Å². The van der Waals surface area contributed by atoms with Crippen LogP contribution in [0.15, 0.2) is 24.3 Å². The Morgan fingerprint density at radius 3 is 2.67 bits per heavy atom. The Morgan fingerprint density at radius 2 is 1.90 bits per heavy atom. The molecule has 0 radical (unpaired) electrons. The van der Waals surface area contributed by atoms with Gasteiger partial charge < -0.3 is 0 Å². The summed E-state index contributed by atoms with van der Waals surface area (Å²) < 4.78 is 1.70. The number of carbonyl (C=O) groups is 2. The topological polar surface area (TPSA) is 52.0 Å². The fourth-order valence-corrected chi connectivity index (χ4v) is 3.23. The van der Waals surface area contributed by atoms with Crippen molar-refractivity contribution in [1.82, 2.24) is 9.78 Å². The predicted octanol–water partition coefficient (Wildman–Crippen LogP) is 3.30. The van der Waals surface area contributed by atoms with E-state index in [0.717, 1.165) is 36.6 Å². The number of rotatable bonds is 4. The molecule has 0 unspecified atom stereocenters. The number of hydrogen-bond acceptors (Lipinski definition) is 3. The molecule has 110 valence electrons. The van der Waals surface area contributed by atoms with E-state index in [4.69, 9.17) is 0 Å². The van der Waals surface area contributed by atoms with Gasteiger partial charge in [0.05, 0.1) is 11.9 Å². The molecule has 21 heavy (non-hydrogen) atoms. The largest absolute Gasteiger partial charge is 0.299 e. The van der Waals surface area contributed by atoms with Gasteiger partial charge in [-0.3, -0.25) is 14.3 Å². The van der Waals surface area contributed by atoms with E-state index in [1.54, 1.807) is 4.68 Å². The maximum atomic E-state index is 12.4. The predicted molar refractivity (Wildman–Crippen MR) is 81.2 cm³/mol. The molecule has 0 amide bonds. The van der Waals surface area contributed by atoms with Crippen molar-refractivity contribution in [2.45, 2.75) is 38.5 Å². The van der Waals surface area contributed by atoms with Gasteiger partial charge in [0.2, 0.25) is 0 Å². The number of nitrogens with zero attached hydrogens (tertiary/aromatic N) is 2. The Balaban J connectivity index is 1.79. The zero-order valence-corrected chi connectivity index (χ0v) is 12.3. The molecule has 1 saturated carbocycles. The van der Waals surface area contributed by atoms with Gasteiger partial charge in [-0.15, -0.1) is 0 Å². The summed E-state index contributed by atoms with van der Waals surface area (Å²) in [7, 11) is 1.82. The molecule has 1 fully saturated rings. The van der Waals surface area contributed by atoms with E-state index in [9.17, 15) is 9.59 Å². The molecule has 0 aliphatic heterocycles. The maximum absolute atomic E-state index is 12.4. The second kappa shape index (κ2) is 5.80. The summed E-state index contributed by atoms with van der Waals surface area (Å²) in [5.74, 6) is 0.0227. The first-order valence-electron chi connectivity index (χ1n) is 7.64.